The third-order valence-corrected chi connectivity index (χ3v) is 6.37. The van der Waals surface area contributed by atoms with Gasteiger partial charge in [0.05, 0.1) is 22.3 Å². The molecule has 11 heteroatoms. The zero-order chi connectivity index (χ0) is 28.6. The standard InChI is InChI=1S/C30H32F2N8O/c1-40(2)17-6-4-3-5-14-34-29-35-16-13-25(37-29)22-8-7-15-33-28(22)41-21-11-9-20(10-12-21)36-30-38-26-18-23(31)24(32)19-27(26)39-30/h7-13,15-16,18-19H,3-6,14,17H2,1-2H3,(H,34,35,37)(H2,36,38,39). The van der Waals surface area contributed by atoms with Gasteiger partial charge in [-0.1, -0.05) is 12.8 Å². The minimum Gasteiger partial charge on any atom is -0.438 e. The van der Waals surface area contributed by atoms with E-state index in [4.69, 9.17) is 4.74 Å². The van der Waals surface area contributed by atoms with Gasteiger partial charge in [-0.3, -0.25) is 0 Å². The maximum atomic E-state index is 13.5. The van der Waals surface area contributed by atoms with Crippen molar-refractivity contribution in [1.82, 2.24) is 29.8 Å². The highest BCUT2D eigenvalue weighted by molar-refractivity contribution is 5.78. The second-order valence-corrected chi connectivity index (χ2v) is 9.89. The van der Waals surface area contributed by atoms with E-state index >= 15 is 0 Å². The van der Waals surface area contributed by atoms with Crippen LogP contribution in [0.15, 0.2) is 67.0 Å². The molecule has 0 atom stereocenters. The number of anilines is 3. The van der Waals surface area contributed by atoms with Crippen LogP contribution in [0.25, 0.3) is 22.3 Å². The van der Waals surface area contributed by atoms with Crippen LogP contribution in [0.3, 0.4) is 0 Å². The van der Waals surface area contributed by atoms with Crippen molar-refractivity contribution in [3.8, 4) is 22.9 Å². The highest BCUT2D eigenvalue weighted by Crippen LogP contribution is 2.31. The summed E-state index contributed by atoms with van der Waals surface area (Å²) in [6.07, 6.45) is 8.01. The number of benzene rings is 2. The average Bonchev–Trinajstić information content (AvgIpc) is 3.34. The van der Waals surface area contributed by atoms with Gasteiger partial charge < -0.3 is 25.3 Å². The number of hydrogen-bond acceptors (Lipinski definition) is 8. The van der Waals surface area contributed by atoms with Gasteiger partial charge in [-0.2, -0.15) is 0 Å². The Morgan fingerprint density at radius 2 is 1.68 bits per heavy atom. The first kappa shape index (κ1) is 27.9. The molecule has 0 fully saturated rings. The molecule has 0 aliphatic heterocycles. The van der Waals surface area contributed by atoms with E-state index in [0.29, 0.717) is 45.9 Å². The van der Waals surface area contributed by atoms with Crippen molar-refractivity contribution in [1.29, 1.82) is 0 Å². The molecule has 3 N–H and O–H groups in total. The predicted molar refractivity (Wildman–Crippen MR) is 157 cm³/mol. The topological polar surface area (TPSA) is 104 Å². The van der Waals surface area contributed by atoms with Crippen LogP contribution >= 0.6 is 0 Å². The monoisotopic (exact) mass is 558 g/mol. The number of pyridine rings is 1. The molecule has 0 aliphatic carbocycles. The summed E-state index contributed by atoms with van der Waals surface area (Å²) < 4.78 is 33.1. The fourth-order valence-electron chi connectivity index (χ4n) is 4.29. The molecule has 0 saturated heterocycles. The maximum absolute atomic E-state index is 13.5. The fourth-order valence-corrected chi connectivity index (χ4v) is 4.29. The van der Waals surface area contributed by atoms with Gasteiger partial charge in [-0.05, 0) is 75.9 Å². The summed E-state index contributed by atoms with van der Waals surface area (Å²) in [5.41, 5.74) is 2.88. The summed E-state index contributed by atoms with van der Waals surface area (Å²) in [7, 11) is 4.19. The van der Waals surface area contributed by atoms with Gasteiger partial charge in [-0.25, -0.2) is 28.7 Å². The number of hydrogen-bond donors (Lipinski definition) is 3. The molecular formula is C30H32F2N8O. The van der Waals surface area contributed by atoms with Gasteiger partial charge in [0, 0.05) is 36.8 Å². The Labute approximate surface area is 237 Å². The number of unbranched alkanes of at least 4 members (excludes halogenated alkanes) is 3. The number of ether oxygens (including phenoxy) is 1. The average molecular weight is 559 g/mol. The minimum atomic E-state index is -0.943. The first-order valence-corrected chi connectivity index (χ1v) is 13.5. The van der Waals surface area contributed by atoms with Crippen LogP contribution in [0.4, 0.5) is 26.4 Å². The summed E-state index contributed by atoms with van der Waals surface area (Å²) in [6.45, 7) is 1.92. The van der Waals surface area contributed by atoms with Gasteiger partial charge in [0.2, 0.25) is 17.8 Å². The number of imidazole rings is 1. The molecule has 0 amide bonds. The van der Waals surface area contributed by atoms with Crippen molar-refractivity contribution in [3.63, 3.8) is 0 Å². The maximum Gasteiger partial charge on any atom is 0.228 e. The molecule has 3 aromatic heterocycles. The second-order valence-electron chi connectivity index (χ2n) is 9.89. The van der Waals surface area contributed by atoms with Gasteiger partial charge in [0.1, 0.15) is 5.75 Å². The zero-order valence-corrected chi connectivity index (χ0v) is 23.0. The van der Waals surface area contributed by atoms with Crippen molar-refractivity contribution >= 4 is 28.6 Å². The number of nitrogens with zero attached hydrogens (tertiary/aromatic N) is 5. The quantitative estimate of drug-likeness (QED) is 0.136. The number of aromatic amines is 1. The fraction of sp³-hybridized carbons (Fsp3) is 0.267. The summed E-state index contributed by atoms with van der Waals surface area (Å²) >= 11 is 0. The van der Waals surface area contributed by atoms with E-state index in [1.807, 2.05) is 18.2 Å². The Hall–Kier alpha value is -4.64. The third kappa shape index (κ3) is 7.52. The number of rotatable bonds is 13. The van der Waals surface area contributed by atoms with Crippen LogP contribution in [0.2, 0.25) is 0 Å². The molecule has 0 radical (unpaired) electrons. The number of H-pyrrole nitrogens is 1. The first-order chi connectivity index (χ1) is 19.9. The van der Waals surface area contributed by atoms with Gasteiger partial charge >= 0.3 is 0 Å². The van der Waals surface area contributed by atoms with Crippen LogP contribution in [-0.4, -0.2) is 57.0 Å². The Morgan fingerprint density at radius 1 is 0.878 bits per heavy atom. The molecule has 0 saturated carbocycles. The van der Waals surface area contributed by atoms with Crippen molar-refractivity contribution in [2.75, 3.05) is 37.8 Å². The van der Waals surface area contributed by atoms with Crippen LogP contribution in [0, 0.1) is 11.6 Å². The molecule has 0 bridgehead atoms. The van der Waals surface area contributed by atoms with Crippen LogP contribution in [0.1, 0.15) is 25.7 Å². The van der Waals surface area contributed by atoms with E-state index in [1.54, 1.807) is 36.7 Å². The van der Waals surface area contributed by atoms with E-state index in [2.05, 4.69) is 54.5 Å². The highest BCUT2D eigenvalue weighted by Gasteiger charge is 2.12. The normalized spacial score (nSPS) is 11.2. The van der Waals surface area contributed by atoms with Gasteiger partial charge in [-0.15, -0.1) is 0 Å². The molecule has 0 aliphatic rings. The number of halogens is 2. The van der Waals surface area contributed by atoms with Crippen molar-refractivity contribution in [2.24, 2.45) is 0 Å². The summed E-state index contributed by atoms with van der Waals surface area (Å²) in [6, 6.07) is 14.9. The molecular weight excluding hydrogens is 526 g/mol. The lowest BCUT2D eigenvalue weighted by Gasteiger charge is -2.11. The zero-order valence-electron chi connectivity index (χ0n) is 23.0. The predicted octanol–water partition coefficient (Wildman–Crippen LogP) is 6.76. The Bertz CT molecular complexity index is 1550. The van der Waals surface area contributed by atoms with Gasteiger partial charge in [0.15, 0.2) is 11.6 Å². The molecule has 0 spiro atoms. The Morgan fingerprint density at radius 3 is 2.51 bits per heavy atom. The van der Waals surface area contributed by atoms with E-state index in [1.165, 1.54) is 12.8 Å². The SMILES string of the molecule is CN(C)CCCCCCNc1nccc(-c2cccnc2Oc2ccc(Nc3nc4cc(F)c(F)cc4[nH]3)cc2)n1. The molecule has 9 nitrogen and oxygen atoms in total. The van der Waals surface area contributed by atoms with Crippen LogP contribution < -0.4 is 15.4 Å². The first-order valence-electron chi connectivity index (χ1n) is 13.5. The van der Waals surface area contributed by atoms with E-state index in [9.17, 15) is 8.78 Å². The largest absolute Gasteiger partial charge is 0.438 e. The molecule has 2 aromatic carbocycles. The summed E-state index contributed by atoms with van der Waals surface area (Å²) in [4.78, 5) is 22.9. The third-order valence-electron chi connectivity index (χ3n) is 6.37. The van der Waals surface area contributed by atoms with Crippen LogP contribution in [0.5, 0.6) is 11.6 Å². The highest BCUT2D eigenvalue weighted by atomic mass is 19.2. The number of fused-ring (bicyclic) bond motifs is 1. The molecule has 41 heavy (non-hydrogen) atoms. The lowest BCUT2D eigenvalue weighted by atomic mass is 10.2. The molecule has 5 rings (SSSR count). The van der Waals surface area contributed by atoms with E-state index in [-0.39, 0.29) is 0 Å². The van der Waals surface area contributed by atoms with E-state index < -0.39 is 11.6 Å². The van der Waals surface area contributed by atoms with E-state index in [0.717, 1.165) is 43.6 Å². The number of nitrogens with one attached hydrogen (secondary N) is 3. The van der Waals surface area contributed by atoms with Crippen molar-refractivity contribution in [2.45, 2.75) is 25.7 Å². The lowest BCUT2D eigenvalue weighted by Crippen LogP contribution is -2.12. The van der Waals surface area contributed by atoms with Gasteiger partial charge in [0.25, 0.3) is 0 Å². The molecule has 212 valence electrons. The Balaban J connectivity index is 1.20. The minimum absolute atomic E-state index is 0.327. The second kappa shape index (κ2) is 13.1. The lowest BCUT2D eigenvalue weighted by molar-refractivity contribution is 0.391. The number of aromatic nitrogens is 5. The summed E-state index contributed by atoms with van der Waals surface area (Å²) in [5.74, 6) is 0.0486. The summed E-state index contributed by atoms with van der Waals surface area (Å²) in [5, 5.41) is 6.41. The molecule has 5 aromatic rings. The van der Waals surface area contributed by atoms with Crippen molar-refractivity contribution in [3.05, 3.63) is 78.6 Å². The van der Waals surface area contributed by atoms with Crippen molar-refractivity contribution < 1.29 is 13.5 Å². The molecule has 0 unspecified atom stereocenters. The molecule has 3 heterocycles. The Kier molecular flexibility index (Phi) is 8.95. The smallest absolute Gasteiger partial charge is 0.228 e. The van der Waals surface area contributed by atoms with Crippen LogP contribution in [-0.2, 0) is 0 Å².